The van der Waals surface area contributed by atoms with E-state index in [-0.39, 0.29) is 0 Å². The summed E-state index contributed by atoms with van der Waals surface area (Å²) in [4.78, 5) is 9.20. The molecule has 2 aromatic rings. The second kappa shape index (κ2) is 6.93. The van der Waals surface area contributed by atoms with Gasteiger partial charge in [-0.2, -0.15) is 0 Å². The SMILES string of the molecule is Nc1ccc(N2CCN(c3ccc(NC4=NCCN4)cc3)CC2)cc1. The van der Waals surface area contributed by atoms with Crippen molar-refractivity contribution >= 4 is 28.7 Å². The van der Waals surface area contributed by atoms with E-state index in [4.69, 9.17) is 5.73 Å². The highest BCUT2D eigenvalue weighted by Crippen LogP contribution is 2.22. The first-order valence-corrected chi connectivity index (χ1v) is 8.79. The monoisotopic (exact) mass is 336 g/mol. The fourth-order valence-electron chi connectivity index (χ4n) is 3.28. The fourth-order valence-corrected chi connectivity index (χ4v) is 3.28. The number of hydrogen-bond donors (Lipinski definition) is 3. The van der Waals surface area contributed by atoms with Crippen molar-refractivity contribution in [1.29, 1.82) is 0 Å². The Morgan fingerprint density at radius 3 is 1.92 bits per heavy atom. The lowest BCUT2D eigenvalue weighted by atomic mass is 10.2. The van der Waals surface area contributed by atoms with Gasteiger partial charge in [-0.1, -0.05) is 0 Å². The highest BCUT2D eigenvalue weighted by atomic mass is 15.3. The molecule has 0 unspecified atom stereocenters. The Morgan fingerprint density at radius 2 is 1.40 bits per heavy atom. The van der Waals surface area contributed by atoms with Gasteiger partial charge in [0, 0.05) is 55.5 Å². The number of nitrogens with two attached hydrogens (primary N) is 1. The lowest BCUT2D eigenvalue weighted by molar-refractivity contribution is 0.653. The molecule has 0 amide bonds. The Kier molecular flexibility index (Phi) is 4.33. The maximum absolute atomic E-state index is 5.77. The van der Waals surface area contributed by atoms with Crippen LogP contribution in [0.25, 0.3) is 0 Å². The molecule has 25 heavy (non-hydrogen) atoms. The molecule has 2 aromatic carbocycles. The summed E-state index contributed by atoms with van der Waals surface area (Å²) >= 11 is 0. The van der Waals surface area contributed by atoms with Crippen LogP contribution in [0, 0.1) is 0 Å². The summed E-state index contributed by atoms with van der Waals surface area (Å²) in [6.45, 7) is 5.84. The molecule has 0 radical (unpaired) electrons. The number of nitrogen functional groups attached to an aromatic ring is 1. The summed E-state index contributed by atoms with van der Waals surface area (Å²) in [6.07, 6.45) is 0. The third-order valence-electron chi connectivity index (χ3n) is 4.71. The minimum atomic E-state index is 0.815. The van der Waals surface area contributed by atoms with Crippen molar-refractivity contribution in [2.45, 2.75) is 0 Å². The molecule has 1 saturated heterocycles. The number of hydrogen-bond acceptors (Lipinski definition) is 6. The Hall–Kier alpha value is -2.89. The minimum absolute atomic E-state index is 0.815. The van der Waals surface area contributed by atoms with Gasteiger partial charge in [0.25, 0.3) is 0 Å². The molecule has 6 heteroatoms. The average Bonchev–Trinajstić information content (AvgIpc) is 3.16. The van der Waals surface area contributed by atoms with Crippen LogP contribution in [0.1, 0.15) is 0 Å². The van der Waals surface area contributed by atoms with E-state index >= 15 is 0 Å². The second-order valence-electron chi connectivity index (χ2n) is 6.39. The highest BCUT2D eigenvalue weighted by molar-refractivity contribution is 5.94. The van der Waals surface area contributed by atoms with Crippen molar-refractivity contribution in [2.24, 2.45) is 4.99 Å². The molecule has 1 fully saturated rings. The number of rotatable bonds is 3. The molecule has 0 saturated carbocycles. The van der Waals surface area contributed by atoms with E-state index in [1.54, 1.807) is 0 Å². The zero-order chi connectivity index (χ0) is 17.1. The molecule has 0 spiro atoms. The topological polar surface area (TPSA) is 68.9 Å². The molecule has 4 N–H and O–H groups in total. The molecule has 2 aliphatic heterocycles. The van der Waals surface area contributed by atoms with Crippen molar-refractivity contribution in [3.63, 3.8) is 0 Å². The van der Waals surface area contributed by atoms with Gasteiger partial charge in [-0.25, -0.2) is 0 Å². The van der Waals surface area contributed by atoms with E-state index < -0.39 is 0 Å². The summed E-state index contributed by atoms with van der Waals surface area (Å²) in [5.41, 5.74) is 10.2. The Bertz CT molecular complexity index is 730. The van der Waals surface area contributed by atoms with Crippen molar-refractivity contribution in [3.8, 4) is 0 Å². The van der Waals surface area contributed by atoms with Gasteiger partial charge in [-0.3, -0.25) is 4.99 Å². The first-order chi connectivity index (χ1) is 12.3. The van der Waals surface area contributed by atoms with E-state index in [1.807, 2.05) is 12.1 Å². The molecule has 6 nitrogen and oxygen atoms in total. The predicted octanol–water partition coefficient (Wildman–Crippen LogP) is 1.97. The number of nitrogens with zero attached hydrogens (tertiary/aromatic N) is 3. The summed E-state index contributed by atoms with van der Waals surface area (Å²) < 4.78 is 0. The van der Waals surface area contributed by atoms with Gasteiger partial charge in [0.05, 0.1) is 6.54 Å². The van der Waals surface area contributed by atoms with Gasteiger partial charge >= 0.3 is 0 Å². The molecule has 4 rings (SSSR count). The summed E-state index contributed by atoms with van der Waals surface area (Å²) in [5.74, 6) is 0.866. The Morgan fingerprint density at radius 1 is 0.840 bits per heavy atom. The van der Waals surface area contributed by atoms with E-state index in [0.717, 1.165) is 56.6 Å². The molecular weight excluding hydrogens is 312 g/mol. The summed E-state index contributed by atoms with van der Waals surface area (Å²) in [6, 6.07) is 16.7. The lowest BCUT2D eigenvalue weighted by Crippen LogP contribution is -2.46. The van der Waals surface area contributed by atoms with Gasteiger partial charge in [0.1, 0.15) is 0 Å². The first-order valence-electron chi connectivity index (χ1n) is 8.79. The molecule has 0 aromatic heterocycles. The standard InChI is InChI=1S/C19H24N6/c20-15-1-5-17(6-2-15)24-11-13-25(14-12-24)18-7-3-16(4-8-18)23-19-21-9-10-22-19/h1-8H,9-14,20H2,(H2,21,22,23). The molecule has 0 atom stereocenters. The normalized spacial score (nSPS) is 17.2. The largest absolute Gasteiger partial charge is 0.399 e. The fraction of sp³-hybridized carbons (Fsp3) is 0.316. The van der Waals surface area contributed by atoms with Crippen LogP contribution in [-0.2, 0) is 0 Å². The van der Waals surface area contributed by atoms with Crippen LogP contribution in [0.5, 0.6) is 0 Å². The molecule has 0 bridgehead atoms. The van der Waals surface area contributed by atoms with Crippen LogP contribution in [0.3, 0.4) is 0 Å². The van der Waals surface area contributed by atoms with Gasteiger partial charge in [0.15, 0.2) is 5.96 Å². The average molecular weight is 336 g/mol. The highest BCUT2D eigenvalue weighted by Gasteiger charge is 2.17. The van der Waals surface area contributed by atoms with Crippen LogP contribution in [0.15, 0.2) is 53.5 Å². The maximum Gasteiger partial charge on any atom is 0.195 e. The zero-order valence-electron chi connectivity index (χ0n) is 14.3. The number of guanidine groups is 1. The maximum atomic E-state index is 5.77. The van der Waals surface area contributed by atoms with Gasteiger partial charge in [-0.05, 0) is 48.5 Å². The van der Waals surface area contributed by atoms with Crippen molar-refractivity contribution in [3.05, 3.63) is 48.5 Å². The molecule has 2 heterocycles. The molecule has 2 aliphatic rings. The molecule has 0 aliphatic carbocycles. The van der Waals surface area contributed by atoms with Gasteiger partial charge < -0.3 is 26.2 Å². The van der Waals surface area contributed by atoms with Crippen LogP contribution in [-0.4, -0.2) is 45.2 Å². The van der Waals surface area contributed by atoms with Crippen LogP contribution in [0.4, 0.5) is 22.7 Å². The quantitative estimate of drug-likeness (QED) is 0.748. The minimum Gasteiger partial charge on any atom is -0.399 e. The van der Waals surface area contributed by atoms with E-state index in [2.05, 4.69) is 61.8 Å². The first kappa shape index (κ1) is 15.6. The third kappa shape index (κ3) is 3.63. The predicted molar refractivity (Wildman–Crippen MR) is 106 cm³/mol. The van der Waals surface area contributed by atoms with Crippen LogP contribution in [0.2, 0.25) is 0 Å². The number of aliphatic imine (C=N–C) groups is 1. The van der Waals surface area contributed by atoms with Crippen LogP contribution < -0.4 is 26.2 Å². The lowest BCUT2D eigenvalue weighted by Gasteiger charge is -2.37. The molecule has 130 valence electrons. The third-order valence-corrected chi connectivity index (χ3v) is 4.71. The van der Waals surface area contributed by atoms with Crippen molar-refractivity contribution < 1.29 is 0 Å². The van der Waals surface area contributed by atoms with Crippen LogP contribution >= 0.6 is 0 Å². The molecular formula is C19H24N6. The smallest absolute Gasteiger partial charge is 0.195 e. The number of anilines is 4. The number of piperazine rings is 1. The van der Waals surface area contributed by atoms with Crippen molar-refractivity contribution in [1.82, 2.24) is 5.32 Å². The second-order valence-corrected chi connectivity index (χ2v) is 6.39. The van der Waals surface area contributed by atoms with E-state index in [1.165, 1.54) is 11.4 Å². The number of benzene rings is 2. The Labute approximate surface area is 148 Å². The summed E-state index contributed by atoms with van der Waals surface area (Å²) in [7, 11) is 0. The van der Waals surface area contributed by atoms with E-state index in [9.17, 15) is 0 Å². The Balaban J connectivity index is 1.34. The van der Waals surface area contributed by atoms with Crippen molar-refractivity contribution in [2.75, 3.05) is 60.1 Å². The summed E-state index contributed by atoms with van der Waals surface area (Å²) in [5, 5.41) is 6.53. The zero-order valence-corrected chi connectivity index (χ0v) is 14.3. The van der Waals surface area contributed by atoms with Gasteiger partial charge in [-0.15, -0.1) is 0 Å². The number of nitrogens with one attached hydrogen (secondary N) is 2. The van der Waals surface area contributed by atoms with E-state index in [0.29, 0.717) is 0 Å². The van der Waals surface area contributed by atoms with Gasteiger partial charge in [0.2, 0.25) is 0 Å².